The number of benzene rings is 17. The molecule has 18 rings (SSSR count). The van der Waals surface area contributed by atoms with Crippen LogP contribution in [0.1, 0.15) is 0 Å². The van der Waals surface area contributed by atoms with Crippen LogP contribution < -0.4 is 0 Å². The fourth-order valence-electron chi connectivity index (χ4n) is 13.7. The average molecular weight is 1030 g/mol. The van der Waals surface area contributed by atoms with Crippen molar-refractivity contribution in [3.05, 3.63) is 291 Å². The Bertz CT molecular complexity index is 5420. The maximum atomic E-state index is 6.30. The van der Waals surface area contributed by atoms with Gasteiger partial charge in [0, 0.05) is 10.8 Å². The van der Waals surface area contributed by atoms with E-state index in [2.05, 4.69) is 291 Å². The molecule has 1 heteroatoms. The number of fused-ring (bicyclic) bond motifs is 6. The van der Waals surface area contributed by atoms with Gasteiger partial charge in [-0.1, -0.05) is 261 Å². The normalized spacial score (nSPS) is 12.0. The Balaban J connectivity index is 0.000000131. The Morgan fingerprint density at radius 1 is 0.173 bits per heavy atom. The van der Waals surface area contributed by atoms with Gasteiger partial charge in [0.2, 0.25) is 0 Å². The molecule has 0 N–H and O–H groups in total. The third-order valence-corrected chi connectivity index (χ3v) is 17.4. The minimum Gasteiger partial charge on any atom is -0.456 e. The van der Waals surface area contributed by atoms with Crippen LogP contribution in [0.2, 0.25) is 0 Å². The minimum atomic E-state index is 0.920. The van der Waals surface area contributed by atoms with E-state index in [0.717, 1.165) is 21.9 Å². The van der Waals surface area contributed by atoms with Crippen LogP contribution in [0.3, 0.4) is 0 Å². The van der Waals surface area contributed by atoms with E-state index in [1.54, 1.807) is 0 Å². The highest BCUT2D eigenvalue weighted by molar-refractivity contribution is 6.27. The highest BCUT2D eigenvalue weighted by Gasteiger charge is 2.19. The summed E-state index contributed by atoms with van der Waals surface area (Å²) < 4.78 is 6.30. The van der Waals surface area contributed by atoms with E-state index in [1.165, 1.54) is 153 Å². The maximum Gasteiger partial charge on any atom is 0.136 e. The van der Waals surface area contributed by atoms with Gasteiger partial charge in [0.05, 0.1) is 0 Å². The van der Waals surface area contributed by atoms with Gasteiger partial charge in [-0.3, -0.25) is 0 Å². The molecule has 0 radical (unpaired) electrons. The second kappa shape index (κ2) is 18.0. The van der Waals surface area contributed by atoms with Gasteiger partial charge in [0.15, 0.2) is 0 Å². The van der Waals surface area contributed by atoms with E-state index in [4.69, 9.17) is 4.42 Å². The van der Waals surface area contributed by atoms with Crippen LogP contribution >= 0.6 is 0 Å². The third-order valence-electron chi connectivity index (χ3n) is 17.4. The lowest BCUT2D eigenvalue weighted by Gasteiger charge is -2.17. The van der Waals surface area contributed by atoms with E-state index in [-0.39, 0.29) is 0 Å². The molecule has 0 unspecified atom stereocenters. The van der Waals surface area contributed by atoms with E-state index >= 15 is 0 Å². The molecule has 0 saturated carbocycles. The molecule has 0 atom stereocenters. The summed E-state index contributed by atoms with van der Waals surface area (Å²) in [7, 11) is 0. The largest absolute Gasteiger partial charge is 0.456 e. The summed E-state index contributed by atoms with van der Waals surface area (Å²) in [5.74, 6) is 0. The fourth-order valence-corrected chi connectivity index (χ4v) is 13.7. The van der Waals surface area contributed by atoms with Crippen molar-refractivity contribution in [3.8, 4) is 55.6 Å². The lowest BCUT2D eigenvalue weighted by atomic mass is 9.86. The molecule has 0 bridgehead atoms. The molecule has 17 aromatic carbocycles. The molecule has 374 valence electrons. The number of hydrogen-bond acceptors (Lipinski definition) is 1. The summed E-state index contributed by atoms with van der Waals surface area (Å²) in [6, 6.07) is 106. The molecule has 0 fully saturated rings. The first kappa shape index (κ1) is 45.4. The van der Waals surface area contributed by atoms with Crippen LogP contribution in [-0.2, 0) is 0 Å². The highest BCUT2D eigenvalue weighted by atomic mass is 16.3. The molecule has 0 saturated heterocycles. The van der Waals surface area contributed by atoms with Crippen molar-refractivity contribution >= 4 is 119 Å². The van der Waals surface area contributed by atoms with Crippen LogP contribution in [0.25, 0.3) is 175 Å². The van der Waals surface area contributed by atoms with Crippen molar-refractivity contribution in [2.45, 2.75) is 0 Å². The van der Waals surface area contributed by atoms with Crippen molar-refractivity contribution < 1.29 is 4.42 Å². The molecule has 0 aliphatic carbocycles. The molecule has 18 aromatic rings. The first-order valence-electron chi connectivity index (χ1n) is 28.0. The van der Waals surface area contributed by atoms with Gasteiger partial charge in [-0.25, -0.2) is 0 Å². The number of rotatable bonds is 5. The smallest absolute Gasteiger partial charge is 0.136 e. The van der Waals surface area contributed by atoms with E-state index < -0.39 is 0 Å². The summed E-state index contributed by atoms with van der Waals surface area (Å²) >= 11 is 0. The quantitative estimate of drug-likeness (QED) is 0.124. The third kappa shape index (κ3) is 7.19. The number of furan rings is 1. The van der Waals surface area contributed by atoms with E-state index in [0.29, 0.717) is 0 Å². The predicted molar refractivity (Wildman–Crippen MR) is 347 cm³/mol. The Morgan fingerprint density at radius 3 is 1.17 bits per heavy atom. The highest BCUT2D eigenvalue weighted by Crippen LogP contribution is 2.46. The molecule has 0 amide bonds. The summed E-state index contributed by atoms with van der Waals surface area (Å²) in [5.41, 5.74) is 14.4. The van der Waals surface area contributed by atoms with Crippen LogP contribution in [-0.4, -0.2) is 0 Å². The van der Waals surface area contributed by atoms with Crippen LogP contribution in [0.5, 0.6) is 0 Å². The standard InChI is InChI=1S/C44H26.C36H22O/c1-4-29-14-16-33-18-22-37(39-24-20-31(6-1)41(29)43(33)39)28-12-10-27(11-13-28)35-8-3-9-36(26-35)38-23-19-34-17-15-30-5-2-7-32-21-25-40(38)44(34)42(30)32;1-2-10-23(11-3-1)35-27-14-6-8-16-29(27)36(30-17-9-7-15-28(30)35)26-18-19-33-31(21-26)32-20-24-12-4-5-13-25(24)22-34(32)37-33/h1-26H;1-22H. The van der Waals surface area contributed by atoms with Crippen LogP contribution in [0.15, 0.2) is 296 Å². The topological polar surface area (TPSA) is 13.1 Å². The van der Waals surface area contributed by atoms with Crippen LogP contribution in [0, 0.1) is 0 Å². The second-order valence-electron chi connectivity index (χ2n) is 21.8. The van der Waals surface area contributed by atoms with E-state index in [1.807, 2.05) is 0 Å². The molecule has 0 spiro atoms. The SMILES string of the molecule is c1cc(-c2ccc(-c3ccc4ccc5cccc6ccc3c4c56)cc2)cc(-c2ccc3ccc4cccc5ccc2c3c45)c1.c1ccc(-c2c3ccccc3c(-c3ccc4oc5cc6ccccc6cc5c4c3)c3ccccc23)cc1. The molecule has 1 nitrogen and oxygen atoms in total. The summed E-state index contributed by atoms with van der Waals surface area (Å²) in [5, 5.41) is 25.7. The van der Waals surface area contributed by atoms with Gasteiger partial charge in [-0.05, 0) is 183 Å². The van der Waals surface area contributed by atoms with Crippen molar-refractivity contribution in [2.24, 2.45) is 0 Å². The van der Waals surface area contributed by atoms with Crippen molar-refractivity contribution in [1.82, 2.24) is 0 Å². The summed E-state index contributed by atoms with van der Waals surface area (Å²) in [6.07, 6.45) is 0. The lowest BCUT2D eigenvalue weighted by Crippen LogP contribution is -1.90. The van der Waals surface area contributed by atoms with Crippen molar-refractivity contribution in [2.75, 3.05) is 0 Å². The Morgan fingerprint density at radius 2 is 0.580 bits per heavy atom. The summed E-state index contributed by atoms with van der Waals surface area (Å²) in [4.78, 5) is 0. The monoisotopic (exact) mass is 1020 g/mol. The van der Waals surface area contributed by atoms with Gasteiger partial charge in [0.25, 0.3) is 0 Å². The zero-order valence-electron chi connectivity index (χ0n) is 44.1. The van der Waals surface area contributed by atoms with E-state index in [9.17, 15) is 0 Å². The maximum absolute atomic E-state index is 6.30. The first-order chi connectivity index (χ1) is 40.1. The van der Waals surface area contributed by atoms with Crippen molar-refractivity contribution in [3.63, 3.8) is 0 Å². The molecule has 0 aliphatic rings. The Hall–Kier alpha value is -10.6. The van der Waals surface area contributed by atoms with Crippen LogP contribution in [0.4, 0.5) is 0 Å². The average Bonchev–Trinajstić information content (AvgIpc) is 3.95. The lowest BCUT2D eigenvalue weighted by molar-refractivity contribution is 0.669. The Kier molecular flexibility index (Phi) is 10.1. The summed E-state index contributed by atoms with van der Waals surface area (Å²) in [6.45, 7) is 0. The molecule has 1 aromatic heterocycles. The molecule has 0 aliphatic heterocycles. The predicted octanol–water partition coefficient (Wildman–Crippen LogP) is 22.9. The van der Waals surface area contributed by atoms with Gasteiger partial charge in [0.1, 0.15) is 11.2 Å². The van der Waals surface area contributed by atoms with Gasteiger partial charge < -0.3 is 4.42 Å². The number of hydrogen-bond donors (Lipinski definition) is 0. The zero-order valence-corrected chi connectivity index (χ0v) is 44.1. The molecular weight excluding hydrogens is 977 g/mol. The van der Waals surface area contributed by atoms with Gasteiger partial charge in [-0.2, -0.15) is 0 Å². The molecular formula is C80H48O. The molecule has 81 heavy (non-hydrogen) atoms. The van der Waals surface area contributed by atoms with Gasteiger partial charge in [-0.15, -0.1) is 0 Å². The van der Waals surface area contributed by atoms with Crippen molar-refractivity contribution in [1.29, 1.82) is 0 Å². The fraction of sp³-hybridized carbons (Fsp3) is 0. The zero-order chi connectivity index (χ0) is 53.1. The molecule has 1 heterocycles. The Labute approximate surface area is 467 Å². The first-order valence-corrected chi connectivity index (χ1v) is 28.0. The van der Waals surface area contributed by atoms with Gasteiger partial charge >= 0.3 is 0 Å². The second-order valence-corrected chi connectivity index (χ2v) is 21.8. The minimum absolute atomic E-state index is 0.920.